The van der Waals surface area contributed by atoms with Crippen LogP contribution in [0.2, 0.25) is 0 Å². The lowest BCUT2D eigenvalue weighted by Crippen LogP contribution is -2.46. The van der Waals surface area contributed by atoms with Crippen molar-refractivity contribution >= 4 is 5.91 Å². The number of carbonyl (C=O) groups excluding carboxylic acids is 1. The molecule has 0 radical (unpaired) electrons. The number of tetrazole rings is 1. The van der Waals surface area contributed by atoms with E-state index in [1.54, 1.807) is 12.1 Å². The van der Waals surface area contributed by atoms with Crippen molar-refractivity contribution in [3.05, 3.63) is 30.1 Å². The highest BCUT2D eigenvalue weighted by molar-refractivity contribution is 5.76. The number of hydrogen-bond donors (Lipinski definition) is 0. The molecule has 2 aliphatic rings. The van der Waals surface area contributed by atoms with Crippen LogP contribution in [0.5, 0.6) is 0 Å². The molecule has 6 nitrogen and oxygen atoms in total. The smallest absolute Gasteiger partial charge is 0.246 e. The SMILES string of the molecule is O=C(Cn1nnc(-c2ccc(F)cc2)n1)N1CC[C@H]2CCCC[C@H]2C1. The molecule has 0 bridgehead atoms. The number of rotatable bonds is 3. The summed E-state index contributed by atoms with van der Waals surface area (Å²) in [7, 11) is 0. The van der Waals surface area contributed by atoms with Gasteiger partial charge in [-0.1, -0.05) is 19.3 Å². The average molecular weight is 343 g/mol. The fraction of sp³-hybridized carbons (Fsp3) is 0.556. The third kappa shape index (κ3) is 3.55. The monoisotopic (exact) mass is 343 g/mol. The Kier molecular flexibility index (Phi) is 4.46. The summed E-state index contributed by atoms with van der Waals surface area (Å²) in [5.41, 5.74) is 0.683. The lowest BCUT2D eigenvalue weighted by molar-refractivity contribution is -0.135. The number of hydrogen-bond acceptors (Lipinski definition) is 4. The Balaban J connectivity index is 1.39. The van der Waals surface area contributed by atoms with Gasteiger partial charge in [-0.3, -0.25) is 4.79 Å². The highest BCUT2D eigenvalue weighted by atomic mass is 19.1. The minimum absolute atomic E-state index is 0.0482. The van der Waals surface area contributed by atoms with Crippen LogP contribution >= 0.6 is 0 Å². The number of carbonyl (C=O) groups is 1. The molecule has 25 heavy (non-hydrogen) atoms. The lowest BCUT2D eigenvalue weighted by Gasteiger charge is -2.41. The van der Waals surface area contributed by atoms with Crippen LogP contribution in [0.25, 0.3) is 11.4 Å². The van der Waals surface area contributed by atoms with Gasteiger partial charge < -0.3 is 4.90 Å². The van der Waals surface area contributed by atoms with E-state index in [1.165, 1.54) is 42.6 Å². The predicted octanol–water partition coefficient (Wildman–Crippen LogP) is 2.52. The molecule has 1 aromatic carbocycles. The Hall–Kier alpha value is -2.31. The largest absolute Gasteiger partial charge is 0.341 e. The molecule has 7 heteroatoms. The number of likely N-dealkylation sites (tertiary alicyclic amines) is 1. The molecule has 1 saturated carbocycles. The fourth-order valence-electron chi connectivity index (χ4n) is 4.07. The quantitative estimate of drug-likeness (QED) is 0.859. The Morgan fingerprint density at radius 2 is 1.88 bits per heavy atom. The maximum absolute atomic E-state index is 13.0. The summed E-state index contributed by atoms with van der Waals surface area (Å²) in [6.07, 6.45) is 6.30. The molecule has 2 heterocycles. The molecule has 1 saturated heterocycles. The topological polar surface area (TPSA) is 63.9 Å². The normalized spacial score (nSPS) is 23.3. The number of amides is 1. The van der Waals surface area contributed by atoms with Crippen molar-refractivity contribution in [1.29, 1.82) is 0 Å². The molecule has 2 aromatic rings. The van der Waals surface area contributed by atoms with Gasteiger partial charge in [0.2, 0.25) is 11.7 Å². The third-order valence-corrected chi connectivity index (χ3v) is 5.48. The molecule has 1 aliphatic heterocycles. The van der Waals surface area contributed by atoms with E-state index in [1.807, 2.05) is 4.90 Å². The molecule has 1 aromatic heterocycles. The molecule has 4 rings (SSSR count). The number of benzene rings is 1. The van der Waals surface area contributed by atoms with E-state index >= 15 is 0 Å². The molecular formula is C18H22FN5O. The number of fused-ring (bicyclic) bond motifs is 1. The Bertz CT molecular complexity index is 744. The minimum Gasteiger partial charge on any atom is -0.341 e. The van der Waals surface area contributed by atoms with Crippen molar-refractivity contribution in [3.8, 4) is 11.4 Å². The van der Waals surface area contributed by atoms with Crippen LogP contribution in [0.3, 0.4) is 0 Å². The highest BCUT2D eigenvalue weighted by Crippen LogP contribution is 2.36. The summed E-state index contributed by atoms with van der Waals surface area (Å²) < 4.78 is 13.0. The van der Waals surface area contributed by atoms with Gasteiger partial charge in [-0.25, -0.2) is 4.39 Å². The maximum Gasteiger partial charge on any atom is 0.246 e. The van der Waals surface area contributed by atoms with Gasteiger partial charge in [0, 0.05) is 18.7 Å². The van der Waals surface area contributed by atoms with Crippen LogP contribution in [0, 0.1) is 17.7 Å². The van der Waals surface area contributed by atoms with E-state index in [0.717, 1.165) is 25.4 Å². The maximum atomic E-state index is 13.0. The van der Waals surface area contributed by atoms with Crippen LogP contribution < -0.4 is 0 Å². The summed E-state index contributed by atoms with van der Waals surface area (Å²) in [6, 6.07) is 5.92. The zero-order chi connectivity index (χ0) is 17.2. The Morgan fingerprint density at radius 3 is 2.68 bits per heavy atom. The Morgan fingerprint density at radius 1 is 1.12 bits per heavy atom. The van der Waals surface area contributed by atoms with Crippen LogP contribution in [0.15, 0.2) is 24.3 Å². The molecule has 2 fully saturated rings. The molecule has 2 atom stereocenters. The standard InChI is InChI=1S/C18H22FN5O/c19-16-7-5-14(6-8-16)18-20-22-24(21-18)12-17(25)23-10-9-13-3-1-2-4-15(13)11-23/h5-8,13,15H,1-4,9-12H2/t13-,15+/m1/s1. The highest BCUT2D eigenvalue weighted by Gasteiger charge is 2.33. The van der Waals surface area contributed by atoms with Crippen LogP contribution in [-0.2, 0) is 11.3 Å². The van der Waals surface area contributed by atoms with Crippen molar-refractivity contribution in [2.75, 3.05) is 13.1 Å². The summed E-state index contributed by atoms with van der Waals surface area (Å²) in [4.78, 5) is 15.9. The van der Waals surface area contributed by atoms with E-state index in [2.05, 4.69) is 15.4 Å². The van der Waals surface area contributed by atoms with Gasteiger partial charge in [0.1, 0.15) is 12.4 Å². The number of halogens is 1. The summed E-state index contributed by atoms with van der Waals surface area (Å²) in [5.74, 6) is 1.60. The predicted molar refractivity (Wildman–Crippen MR) is 89.9 cm³/mol. The third-order valence-electron chi connectivity index (χ3n) is 5.48. The zero-order valence-electron chi connectivity index (χ0n) is 14.1. The second kappa shape index (κ2) is 6.90. The van der Waals surface area contributed by atoms with E-state index in [9.17, 15) is 9.18 Å². The average Bonchev–Trinajstić information content (AvgIpc) is 3.10. The van der Waals surface area contributed by atoms with Gasteiger partial charge in [-0.2, -0.15) is 4.80 Å². The molecule has 0 unspecified atom stereocenters. The minimum atomic E-state index is -0.308. The zero-order valence-corrected chi connectivity index (χ0v) is 14.1. The number of aromatic nitrogens is 4. The Labute approximate surface area is 146 Å². The van der Waals surface area contributed by atoms with Gasteiger partial charge in [0.15, 0.2) is 0 Å². The van der Waals surface area contributed by atoms with Crippen LogP contribution in [-0.4, -0.2) is 44.1 Å². The molecule has 0 N–H and O–H groups in total. The molecule has 132 valence electrons. The van der Waals surface area contributed by atoms with Crippen LogP contribution in [0.1, 0.15) is 32.1 Å². The van der Waals surface area contributed by atoms with Crippen molar-refractivity contribution < 1.29 is 9.18 Å². The van der Waals surface area contributed by atoms with Gasteiger partial charge in [0.05, 0.1) is 0 Å². The van der Waals surface area contributed by atoms with Crippen molar-refractivity contribution in [1.82, 2.24) is 25.1 Å². The van der Waals surface area contributed by atoms with Gasteiger partial charge in [-0.05, 0) is 54.2 Å². The van der Waals surface area contributed by atoms with Crippen LogP contribution in [0.4, 0.5) is 4.39 Å². The number of nitrogens with zero attached hydrogens (tertiary/aromatic N) is 5. The van der Waals surface area contributed by atoms with E-state index in [0.29, 0.717) is 17.3 Å². The fourth-order valence-corrected chi connectivity index (χ4v) is 4.07. The number of piperidine rings is 1. The van der Waals surface area contributed by atoms with Crippen molar-refractivity contribution in [3.63, 3.8) is 0 Å². The second-order valence-electron chi connectivity index (χ2n) is 7.08. The van der Waals surface area contributed by atoms with E-state index < -0.39 is 0 Å². The first kappa shape index (κ1) is 16.2. The molecule has 1 amide bonds. The molecular weight excluding hydrogens is 321 g/mol. The lowest BCUT2D eigenvalue weighted by atomic mass is 9.75. The first-order chi connectivity index (χ1) is 12.2. The van der Waals surface area contributed by atoms with Crippen molar-refractivity contribution in [2.24, 2.45) is 11.8 Å². The van der Waals surface area contributed by atoms with E-state index in [-0.39, 0.29) is 18.3 Å². The molecule has 0 spiro atoms. The van der Waals surface area contributed by atoms with Gasteiger partial charge >= 0.3 is 0 Å². The summed E-state index contributed by atoms with van der Waals surface area (Å²) >= 11 is 0. The summed E-state index contributed by atoms with van der Waals surface area (Å²) in [6.45, 7) is 1.80. The second-order valence-corrected chi connectivity index (χ2v) is 7.08. The first-order valence-corrected chi connectivity index (χ1v) is 9.00. The van der Waals surface area contributed by atoms with E-state index in [4.69, 9.17) is 0 Å². The first-order valence-electron chi connectivity index (χ1n) is 9.00. The van der Waals surface area contributed by atoms with Gasteiger partial charge in [-0.15, -0.1) is 10.2 Å². The summed E-state index contributed by atoms with van der Waals surface area (Å²) in [5, 5.41) is 12.2. The molecule has 1 aliphatic carbocycles. The van der Waals surface area contributed by atoms with Gasteiger partial charge in [0.25, 0.3) is 0 Å². The van der Waals surface area contributed by atoms with Crippen molar-refractivity contribution in [2.45, 2.75) is 38.6 Å².